The van der Waals surface area contributed by atoms with E-state index in [2.05, 4.69) is 15.3 Å². The van der Waals surface area contributed by atoms with Gasteiger partial charge in [0.05, 0.1) is 23.5 Å². The predicted molar refractivity (Wildman–Crippen MR) is 162 cm³/mol. The third-order valence-corrected chi connectivity index (χ3v) is 8.93. The van der Waals surface area contributed by atoms with Crippen molar-refractivity contribution in [2.24, 2.45) is 12.5 Å². The Balaban J connectivity index is 1.50. The van der Waals surface area contributed by atoms with Gasteiger partial charge in [0, 0.05) is 61.9 Å². The van der Waals surface area contributed by atoms with E-state index in [9.17, 15) is 9.90 Å². The van der Waals surface area contributed by atoms with E-state index in [0.717, 1.165) is 54.3 Å². The molecular weight excluding hydrogens is 581 g/mol. The van der Waals surface area contributed by atoms with E-state index in [0.29, 0.717) is 46.9 Å². The van der Waals surface area contributed by atoms with Crippen LogP contribution in [0.2, 0.25) is 10.2 Å². The van der Waals surface area contributed by atoms with Gasteiger partial charge in [-0.1, -0.05) is 23.2 Å². The van der Waals surface area contributed by atoms with Gasteiger partial charge in [0.1, 0.15) is 24.3 Å². The molecule has 0 aliphatic carbocycles. The van der Waals surface area contributed by atoms with Crippen LogP contribution in [0.3, 0.4) is 0 Å². The molecule has 13 heteroatoms. The van der Waals surface area contributed by atoms with Gasteiger partial charge in [0.25, 0.3) is 0 Å². The summed E-state index contributed by atoms with van der Waals surface area (Å²) >= 11 is 13.1. The Bertz CT molecular complexity index is 1460. The molecule has 5 rings (SSSR count). The number of amides is 1. The van der Waals surface area contributed by atoms with Crippen LogP contribution in [0.1, 0.15) is 24.0 Å². The highest BCUT2D eigenvalue weighted by molar-refractivity contribution is 6.33. The van der Waals surface area contributed by atoms with Gasteiger partial charge in [0.2, 0.25) is 0 Å². The van der Waals surface area contributed by atoms with Crippen molar-refractivity contribution in [3.8, 4) is 28.5 Å². The lowest BCUT2D eigenvalue weighted by atomic mass is 9.72. The molecule has 0 radical (unpaired) electrons. The maximum absolute atomic E-state index is 12.0. The molecule has 1 amide bonds. The summed E-state index contributed by atoms with van der Waals surface area (Å²) in [6.07, 6.45) is 0.887. The molecule has 2 aliphatic rings. The third-order valence-electron chi connectivity index (χ3n) is 8.24. The standard InChI is InChI=1S/C29H37Cl2N7O4/c1-17-23(24-18(2)25(31)35-36(24)4)33-26(21-12-20(6-7-22(21)30)42-14-19(39)13-32-3)34-27(17)38-15-29(16-38)8-10-37(11-9-29)28(40)41-5/h6-7,12,19,32,39H,8-11,13-16H2,1-5H3/t19-/m1/s1. The van der Waals surface area contributed by atoms with Gasteiger partial charge in [-0.15, -0.1) is 0 Å². The number of methoxy groups -OCH3 is 1. The summed E-state index contributed by atoms with van der Waals surface area (Å²) in [5.74, 6) is 1.83. The number of rotatable bonds is 8. The van der Waals surface area contributed by atoms with E-state index < -0.39 is 6.10 Å². The summed E-state index contributed by atoms with van der Waals surface area (Å²) in [4.78, 5) is 26.1. The zero-order valence-electron chi connectivity index (χ0n) is 24.6. The quantitative estimate of drug-likeness (QED) is 0.385. The minimum absolute atomic E-state index is 0.119. The summed E-state index contributed by atoms with van der Waals surface area (Å²) in [7, 11) is 5.04. The Hall–Kier alpha value is -3.12. The molecule has 0 bridgehead atoms. The second kappa shape index (κ2) is 12.2. The number of aliphatic hydroxyl groups is 1. The lowest BCUT2D eigenvalue weighted by Gasteiger charge is -2.54. The van der Waals surface area contributed by atoms with Crippen LogP contribution in [0.4, 0.5) is 10.6 Å². The molecule has 2 fully saturated rings. The number of aryl methyl sites for hydroxylation is 1. The van der Waals surface area contributed by atoms with E-state index in [-0.39, 0.29) is 18.1 Å². The highest BCUT2D eigenvalue weighted by Gasteiger charge is 2.47. The van der Waals surface area contributed by atoms with Gasteiger partial charge in [-0.25, -0.2) is 14.8 Å². The normalized spacial score (nSPS) is 16.9. The molecule has 226 valence electrons. The van der Waals surface area contributed by atoms with Crippen LogP contribution in [0.25, 0.3) is 22.8 Å². The molecule has 0 saturated carbocycles. The minimum atomic E-state index is -0.654. The first-order valence-corrected chi connectivity index (χ1v) is 14.7. The molecule has 11 nitrogen and oxygen atoms in total. The van der Waals surface area contributed by atoms with Crippen molar-refractivity contribution in [3.63, 3.8) is 0 Å². The van der Waals surface area contributed by atoms with Crippen molar-refractivity contribution >= 4 is 35.1 Å². The Morgan fingerprint density at radius 2 is 1.88 bits per heavy atom. The molecule has 3 aromatic rings. The number of anilines is 1. The molecule has 1 aromatic carbocycles. The summed E-state index contributed by atoms with van der Waals surface area (Å²) in [5, 5.41) is 18.3. The van der Waals surface area contributed by atoms with Crippen LogP contribution in [-0.2, 0) is 11.8 Å². The molecule has 2 aromatic heterocycles. The molecule has 2 aliphatic heterocycles. The Morgan fingerprint density at radius 1 is 1.17 bits per heavy atom. The van der Waals surface area contributed by atoms with Crippen LogP contribution in [0.15, 0.2) is 18.2 Å². The number of aliphatic hydroxyl groups excluding tert-OH is 1. The number of halogens is 2. The SMILES string of the molecule is CNC[C@@H](O)COc1ccc(Cl)c(-c2nc(-c3c(C)c(Cl)nn3C)c(C)c(N3CC4(CCN(C(=O)OC)CC4)C3)n2)c1. The Labute approximate surface area is 255 Å². The van der Waals surface area contributed by atoms with Gasteiger partial charge >= 0.3 is 6.09 Å². The predicted octanol–water partition coefficient (Wildman–Crippen LogP) is 4.10. The van der Waals surface area contributed by atoms with Crippen LogP contribution in [-0.4, -0.2) is 95.4 Å². The first-order chi connectivity index (χ1) is 20.1. The average Bonchev–Trinajstić information content (AvgIpc) is 3.21. The van der Waals surface area contributed by atoms with Crippen molar-refractivity contribution in [1.29, 1.82) is 0 Å². The fraction of sp³-hybridized carbons (Fsp3) is 0.517. The molecule has 1 spiro atoms. The Kier molecular flexibility index (Phi) is 8.84. The molecular formula is C29H37Cl2N7O4. The van der Waals surface area contributed by atoms with Crippen molar-refractivity contribution in [2.45, 2.75) is 32.8 Å². The van der Waals surface area contributed by atoms with Crippen LogP contribution < -0.4 is 15.0 Å². The van der Waals surface area contributed by atoms with Gasteiger partial charge < -0.3 is 29.7 Å². The van der Waals surface area contributed by atoms with E-state index >= 15 is 0 Å². The van der Waals surface area contributed by atoms with Crippen LogP contribution >= 0.6 is 23.2 Å². The summed E-state index contributed by atoms with van der Waals surface area (Å²) in [6, 6.07) is 5.31. The number of benzene rings is 1. The Morgan fingerprint density at radius 3 is 2.50 bits per heavy atom. The lowest BCUT2D eigenvalue weighted by Crippen LogP contribution is -2.61. The zero-order chi connectivity index (χ0) is 30.2. The van der Waals surface area contributed by atoms with Gasteiger partial charge in [-0.3, -0.25) is 4.68 Å². The summed E-state index contributed by atoms with van der Waals surface area (Å²) in [6.45, 7) is 7.49. The molecule has 4 heterocycles. The number of nitrogens with zero attached hydrogens (tertiary/aromatic N) is 6. The minimum Gasteiger partial charge on any atom is -0.491 e. The monoisotopic (exact) mass is 617 g/mol. The van der Waals surface area contributed by atoms with Gasteiger partial charge in [0.15, 0.2) is 11.0 Å². The first kappa shape index (κ1) is 30.3. The van der Waals surface area contributed by atoms with Gasteiger partial charge in [-0.05, 0) is 51.9 Å². The fourth-order valence-electron chi connectivity index (χ4n) is 5.87. The van der Waals surface area contributed by atoms with E-state index in [1.165, 1.54) is 7.11 Å². The summed E-state index contributed by atoms with van der Waals surface area (Å²) in [5.41, 5.74) is 4.02. The molecule has 42 heavy (non-hydrogen) atoms. The number of hydrogen-bond acceptors (Lipinski definition) is 9. The second-order valence-electron chi connectivity index (χ2n) is 11.2. The fourth-order valence-corrected chi connectivity index (χ4v) is 6.27. The lowest BCUT2D eigenvalue weighted by molar-refractivity contribution is 0.0621. The maximum Gasteiger partial charge on any atom is 0.409 e. The number of aromatic nitrogens is 4. The van der Waals surface area contributed by atoms with E-state index in [1.54, 1.807) is 34.8 Å². The largest absolute Gasteiger partial charge is 0.491 e. The number of likely N-dealkylation sites (tertiary alicyclic amines) is 1. The van der Waals surface area contributed by atoms with Crippen molar-refractivity contribution < 1.29 is 19.4 Å². The highest BCUT2D eigenvalue weighted by Crippen LogP contribution is 2.45. The molecule has 2 N–H and O–H groups in total. The van der Waals surface area contributed by atoms with E-state index in [1.807, 2.05) is 20.9 Å². The maximum atomic E-state index is 12.0. The molecule has 2 saturated heterocycles. The van der Waals surface area contributed by atoms with Gasteiger partial charge in [-0.2, -0.15) is 5.10 Å². The second-order valence-corrected chi connectivity index (χ2v) is 12.0. The van der Waals surface area contributed by atoms with Crippen LogP contribution in [0, 0.1) is 19.3 Å². The van der Waals surface area contributed by atoms with Crippen LogP contribution in [0.5, 0.6) is 5.75 Å². The topological polar surface area (TPSA) is 118 Å². The zero-order valence-corrected chi connectivity index (χ0v) is 26.1. The number of likely N-dealkylation sites (N-methyl/N-ethyl adjacent to an activating group) is 1. The molecule has 0 unspecified atom stereocenters. The number of ether oxygens (including phenoxy) is 2. The number of nitrogens with one attached hydrogen (secondary N) is 1. The number of carbonyl (C=O) groups excluding carboxylic acids is 1. The average molecular weight is 619 g/mol. The van der Waals surface area contributed by atoms with Crippen molar-refractivity contribution in [2.75, 3.05) is 58.4 Å². The van der Waals surface area contributed by atoms with Crippen molar-refractivity contribution in [3.05, 3.63) is 39.5 Å². The summed E-state index contributed by atoms with van der Waals surface area (Å²) < 4.78 is 12.5. The van der Waals surface area contributed by atoms with Crippen molar-refractivity contribution in [1.82, 2.24) is 30.0 Å². The third kappa shape index (κ3) is 5.88. The smallest absolute Gasteiger partial charge is 0.409 e. The number of hydrogen-bond donors (Lipinski definition) is 2. The number of piperidine rings is 1. The highest BCUT2D eigenvalue weighted by atomic mass is 35.5. The number of carbonyl (C=O) groups is 1. The molecule has 1 atom stereocenters. The van der Waals surface area contributed by atoms with E-state index in [4.69, 9.17) is 42.6 Å². The first-order valence-electron chi connectivity index (χ1n) is 14.0.